The number of aryl methyl sites for hydroxylation is 1. The third-order valence-electron chi connectivity index (χ3n) is 6.29. The first-order valence-electron chi connectivity index (χ1n) is 12.3. The summed E-state index contributed by atoms with van der Waals surface area (Å²) in [4.78, 5) is 27.4. The van der Waals surface area contributed by atoms with Crippen LogP contribution in [0.1, 0.15) is 40.1 Å². The molecule has 1 atom stereocenters. The molecule has 6 aromatic rings. The molecule has 0 unspecified atom stereocenters. The van der Waals surface area contributed by atoms with Crippen LogP contribution in [0, 0.1) is 17.7 Å². The first-order chi connectivity index (χ1) is 19.4. The molecule has 0 spiro atoms. The standard InChI is InChI=1S/C29H22FN9O/c1-17(34-29(40)23-27(31)37-39-14-4-13-32-28(23)39)24-26(20-9-11-21(30)12-10-20)36-25-19(5-3-6-22(25)35-24)8-7-18-15-33-38(2)16-18/h3-6,9-17H,1-2H3,(H2,31,37)(H,34,40)/t17-/m0/s1. The quantitative estimate of drug-likeness (QED) is 0.332. The molecule has 1 amide bonds. The van der Waals surface area contributed by atoms with E-state index in [4.69, 9.17) is 15.7 Å². The summed E-state index contributed by atoms with van der Waals surface area (Å²) >= 11 is 0. The second kappa shape index (κ2) is 9.92. The maximum atomic E-state index is 13.8. The molecule has 4 aromatic heterocycles. The summed E-state index contributed by atoms with van der Waals surface area (Å²) < 4.78 is 16.9. The Hall–Kier alpha value is -5.63. The molecular weight excluding hydrogens is 509 g/mol. The van der Waals surface area contributed by atoms with Crippen molar-refractivity contribution in [1.29, 1.82) is 0 Å². The van der Waals surface area contributed by atoms with E-state index in [0.29, 0.717) is 39.2 Å². The number of hydrogen-bond donors (Lipinski definition) is 2. The fourth-order valence-electron chi connectivity index (χ4n) is 4.40. The molecule has 0 aliphatic carbocycles. The zero-order valence-corrected chi connectivity index (χ0v) is 21.5. The molecule has 10 nitrogen and oxygen atoms in total. The Bertz CT molecular complexity index is 1970. The van der Waals surface area contributed by atoms with Crippen LogP contribution < -0.4 is 11.1 Å². The molecule has 0 fully saturated rings. The van der Waals surface area contributed by atoms with Gasteiger partial charge in [-0.25, -0.2) is 23.9 Å². The summed E-state index contributed by atoms with van der Waals surface area (Å²) in [6.07, 6.45) is 6.73. The summed E-state index contributed by atoms with van der Waals surface area (Å²) in [6, 6.07) is 12.6. The normalized spacial score (nSPS) is 11.8. The van der Waals surface area contributed by atoms with E-state index in [1.807, 2.05) is 31.4 Å². The first-order valence-corrected chi connectivity index (χ1v) is 12.3. The highest BCUT2D eigenvalue weighted by molar-refractivity contribution is 6.04. The Balaban J connectivity index is 1.44. The molecule has 4 heterocycles. The topological polar surface area (TPSA) is 129 Å². The molecule has 196 valence electrons. The number of halogens is 1. The lowest BCUT2D eigenvalue weighted by molar-refractivity contribution is 0.0941. The van der Waals surface area contributed by atoms with Crippen molar-refractivity contribution in [3.8, 4) is 23.1 Å². The second-order valence-electron chi connectivity index (χ2n) is 9.13. The Morgan fingerprint density at radius 1 is 1.10 bits per heavy atom. The van der Waals surface area contributed by atoms with Gasteiger partial charge in [0.1, 0.15) is 16.9 Å². The molecule has 0 radical (unpaired) electrons. The van der Waals surface area contributed by atoms with E-state index in [1.54, 1.807) is 48.4 Å². The van der Waals surface area contributed by atoms with Crippen molar-refractivity contribution in [3.63, 3.8) is 0 Å². The summed E-state index contributed by atoms with van der Waals surface area (Å²) in [7, 11) is 1.82. The third kappa shape index (κ3) is 4.58. The lowest BCUT2D eigenvalue weighted by atomic mass is 10.0. The monoisotopic (exact) mass is 531 g/mol. The number of nitrogens with one attached hydrogen (secondary N) is 1. The van der Waals surface area contributed by atoms with E-state index < -0.39 is 11.9 Å². The predicted octanol–water partition coefficient (Wildman–Crippen LogP) is 3.69. The van der Waals surface area contributed by atoms with Gasteiger partial charge in [-0.05, 0) is 49.4 Å². The SMILES string of the molecule is C[C@H](NC(=O)c1c(N)nn2cccnc12)c1nc2cccc(C#Cc3cnn(C)c3)c2nc1-c1ccc(F)cc1. The molecular formula is C29H22FN9O. The lowest BCUT2D eigenvalue weighted by Crippen LogP contribution is -2.28. The minimum atomic E-state index is -0.604. The number of amides is 1. The molecule has 0 bridgehead atoms. The van der Waals surface area contributed by atoms with Gasteiger partial charge in [-0.2, -0.15) is 5.10 Å². The minimum absolute atomic E-state index is 0.0589. The third-order valence-corrected chi connectivity index (χ3v) is 6.29. The van der Waals surface area contributed by atoms with Crippen molar-refractivity contribution in [2.75, 3.05) is 5.73 Å². The molecule has 40 heavy (non-hydrogen) atoms. The fraction of sp³-hybridized carbons (Fsp3) is 0.103. The van der Waals surface area contributed by atoms with Gasteiger partial charge < -0.3 is 11.1 Å². The van der Waals surface area contributed by atoms with E-state index in [0.717, 1.165) is 5.56 Å². The van der Waals surface area contributed by atoms with Gasteiger partial charge >= 0.3 is 0 Å². The number of fused-ring (bicyclic) bond motifs is 2. The number of nitrogen functional groups attached to an aromatic ring is 1. The van der Waals surface area contributed by atoms with Gasteiger partial charge in [0.05, 0.1) is 40.3 Å². The molecule has 0 saturated heterocycles. The average molecular weight is 532 g/mol. The predicted molar refractivity (Wildman–Crippen MR) is 147 cm³/mol. The van der Waals surface area contributed by atoms with Gasteiger partial charge in [0, 0.05) is 31.2 Å². The molecule has 3 N–H and O–H groups in total. The van der Waals surface area contributed by atoms with Crippen molar-refractivity contribution in [1.82, 2.24) is 39.7 Å². The molecule has 0 saturated carbocycles. The van der Waals surface area contributed by atoms with Crippen LogP contribution >= 0.6 is 0 Å². The van der Waals surface area contributed by atoms with E-state index >= 15 is 0 Å². The van der Waals surface area contributed by atoms with E-state index in [1.165, 1.54) is 16.6 Å². The number of hydrogen-bond acceptors (Lipinski definition) is 7. The van der Waals surface area contributed by atoms with Crippen LogP contribution in [0.5, 0.6) is 0 Å². The van der Waals surface area contributed by atoms with Gasteiger partial charge in [-0.15, -0.1) is 5.10 Å². The Morgan fingerprint density at radius 2 is 1.93 bits per heavy atom. The first kappa shape index (κ1) is 24.7. The lowest BCUT2D eigenvalue weighted by Gasteiger charge is -2.18. The van der Waals surface area contributed by atoms with E-state index in [9.17, 15) is 9.18 Å². The highest BCUT2D eigenvalue weighted by Crippen LogP contribution is 2.29. The van der Waals surface area contributed by atoms with Crippen LogP contribution in [0.15, 0.2) is 73.3 Å². The number of carbonyl (C=O) groups is 1. The van der Waals surface area contributed by atoms with Crippen LogP contribution in [-0.2, 0) is 7.05 Å². The number of nitrogens with zero attached hydrogens (tertiary/aromatic N) is 7. The molecule has 6 rings (SSSR count). The summed E-state index contributed by atoms with van der Waals surface area (Å²) in [5.41, 5.74) is 10.8. The van der Waals surface area contributed by atoms with E-state index in [-0.39, 0.29) is 17.2 Å². The maximum Gasteiger partial charge on any atom is 0.259 e. The van der Waals surface area contributed by atoms with Crippen LogP contribution in [0.4, 0.5) is 10.2 Å². The largest absolute Gasteiger partial charge is 0.381 e. The van der Waals surface area contributed by atoms with Crippen LogP contribution in [0.25, 0.3) is 27.9 Å². The zero-order valence-electron chi connectivity index (χ0n) is 21.5. The second-order valence-corrected chi connectivity index (χ2v) is 9.13. The molecule has 2 aromatic carbocycles. The minimum Gasteiger partial charge on any atom is -0.381 e. The van der Waals surface area contributed by atoms with Crippen LogP contribution in [0.2, 0.25) is 0 Å². The van der Waals surface area contributed by atoms with Crippen LogP contribution in [0.3, 0.4) is 0 Å². The van der Waals surface area contributed by atoms with Gasteiger partial charge in [0.25, 0.3) is 5.91 Å². The Labute approximate surface area is 227 Å². The average Bonchev–Trinajstić information content (AvgIpc) is 3.52. The van der Waals surface area contributed by atoms with Crippen molar-refractivity contribution in [3.05, 3.63) is 102 Å². The summed E-state index contributed by atoms with van der Waals surface area (Å²) in [6.45, 7) is 1.79. The number of para-hydroxylation sites is 1. The fourth-order valence-corrected chi connectivity index (χ4v) is 4.40. The highest BCUT2D eigenvalue weighted by atomic mass is 19.1. The number of benzene rings is 2. The smallest absolute Gasteiger partial charge is 0.259 e. The Kier molecular flexibility index (Phi) is 6.12. The highest BCUT2D eigenvalue weighted by Gasteiger charge is 2.24. The van der Waals surface area contributed by atoms with E-state index in [2.05, 4.69) is 32.3 Å². The Morgan fingerprint density at radius 3 is 2.70 bits per heavy atom. The molecule has 0 aliphatic heterocycles. The van der Waals surface area contributed by atoms with Gasteiger partial charge in [0.15, 0.2) is 11.5 Å². The summed E-state index contributed by atoms with van der Waals surface area (Å²) in [5.74, 6) is 5.49. The number of carbonyl (C=O) groups excluding carboxylic acids is 1. The van der Waals surface area contributed by atoms with Crippen molar-refractivity contribution >= 4 is 28.4 Å². The summed E-state index contributed by atoms with van der Waals surface area (Å²) in [5, 5.41) is 11.3. The number of rotatable bonds is 4. The van der Waals surface area contributed by atoms with Crippen molar-refractivity contribution in [2.45, 2.75) is 13.0 Å². The zero-order chi connectivity index (χ0) is 27.8. The number of anilines is 1. The van der Waals surface area contributed by atoms with Crippen molar-refractivity contribution in [2.24, 2.45) is 7.05 Å². The number of nitrogens with two attached hydrogens (primary N) is 1. The number of aromatic nitrogens is 7. The van der Waals surface area contributed by atoms with Gasteiger partial charge in [-0.3, -0.25) is 9.48 Å². The molecule has 0 aliphatic rings. The van der Waals surface area contributed by atoms with Gasteiger partial charge in [0.2, 0.25) is 0 Å². The van der Waals surface area contributed by atoms with Crippen LogP contribution in [-0.4, -0.2) is 40.3 Å². The molecule has 11 heteroatoms. The van der Waals surface area contributed by atoms with Crippen molar-refractivity contribution < 1.29 is 9.18 Å². The maximum absolute atomic E-state index is 13.8. The van der Waals surface area contributed by atoms with Gasteiger partial charge in [-0.1, -0.05) is 17.9 Å².